The number of aromatic amines is 1. The number of ether oxygens (including phenoxy) is 1. The number of fused-ring (bicyclic) bond motifs is 1. The largest absolute Gasteiger partial charge is 0.480 e. The topological polar surface area (TPSA) is 116 Å². The number of piperidine rings is 1. The van der Waals surface area contributed by atoms with Gasteiger partial charge in [-0.1, -0.05) is 11.6 Å². The summed E-state index contributed by atoms with van der Waals surface area (Å²) in [6, 6.07) is 10.9. The van der Waals surface area contributed by atoms with Gasteiger partial charge in [0.2, 0.25) is 0 Å². The second-order valence-electron chi connectivity index (χ2n) is 6.66. The summed E-state index contributed by atoms with van der Waals surface area (Å²) in [6.07, 6.45) is 3.70. The number of nitrogens with one attached hydrogen (secondary N) is 2. The summed E-state index contributed by atoms with van der Waals surface area (Å²) in [5.41, 5.74) is 3.41. The van der Waals surface area contributed by atoms with Crippen LogP contribution in [0.5, 0.6) is 5.75 Å². The normalized spacial score (nSPS) is 21.2. The zero-order valence-electron chi connectivity index (χ0n) is 15.8. The van der Waals surface area contributed by atoms with Crippen molar-refractivity contribution >= 4 is 23.3 Å². The molecule has 3 aromatic rings. The number of hydroxylamine groups is 1. The monoisotopic (exact) mass is 473 g/mol. The van der Waals surface area contributed by atoms with Gasteiger partial charge in [-0.3, -0.25) is 14.8 Å². The van der Waals surface area contributed by atoms with Crippen molar-refractivity contribution in [2.75, 3.05) is 11.9 Å². The molecule has 3 N–H and O–H groups in total. The number of halogens is 1. The molecule has 1 aromatic carbocycles. The fraction of sp³-hybridized carbons (Fsp3) is 0.263. The number of rotatable bonds is 4. The third-order valence-electron chi connectivity index (χ3n) is 4.79. The molecule has 3 atom stereocenters. The quantitative estimate of drug-likeness (QED) is 0.498. The Morgan fingerprint density at radius 1 is 1.27 bits per heavy atom. The van der Waals surface area contributed by atoms with Crippen molar-refractivity contribution in [1.29, 1.82) is 0 Å². The van der Waals surface area contributed by atoms with E-state index in [4.69, 9.17) is 21.5 Å². The molecule has 159 valence electrons. The standard InChI is InChI=1S/C18H14ClN5O2.CH5NO.Co/c19-11-1-3-12(4-2-11)26-17-13-7-15(13)24(18(17)25)16-8-14(22-23-16)10-5-6-20-21-9-10;1-2-3;/h1-6,8-9,13,15,17H,7H2,(H,22,23);2-3H,1H3;. The Hall–Kier alpha value is -2.50. The summed E-state index contributed by atoms with van der Waals surface area (Å²) >= 11 is 5.90. The molecule has 0 bridgehead atoms. The third-order valence-corrected chi connectivity index (χ3v) is 5.04. The number of benzene rings is 1. The molecule has 2 aliphatic rings. The summed E-state index contributed by atoms with van der Waals surface area (Å²) in [6.45, 7) is 0. The molecule has 1 amide bonds. The maximum Gasteiger partial charge on any atom is 0.269 e. The molecular weight excluding hydrogens is 455 g/mol. The van der Waals surface area contributed by atoms with Gasteiger partial charge in [-0.2, -0.15) is 15.3 Å². The van der Waals surface area contributed by atoms with E-state index < -0.39 is 6.10 Å². The van der Waals surface area contributed by atoms with Crippen molar-refractivity contribution in [2.45, 2.75) is 18.6 Å². The molecule has 1 saturated carbocycles. The number of anilines is 1. The Balaban J connectivity index is 0.000000606. The Labute approximate surface area is 187 Å². The Morgan fingerprint density at radius 3 is 2.67 bits per heavy atom. The molecule has 11 heteroatoms. The fourth-order valence-corrected chi connectivity index (χ4v) is 3.55. The fourth-order valence-electron chi connectivity index (χ4n) is 3.42. The molecule has 9 nitrogen and oxygen atoms in total. The second-order valence-corrected chi connectivity index (χ2v) is 7.10. The van der Waals surface area contributed by atoms with Crippen LogP contribution in [0.1, 0.15) is 6.42 Å². The van der Waals surface area contributed by atoms with Gasteiger partial charge >= 0.3 is 0 Å². The van der Waals surface area contributed by atoms with Gasteiger partial charge in [0.25, 0.3) is 5.91 Å². The Kier molecular flexibility index (Phi) is 7.05. The van der Waals surface area contributed by atoms with E-state index in [-0.39, 0.29) is 34.6 Å². The minimum absolute atomic E-state index is 0. The Bertz CT molecular complexity index is 987. The molecule has 2 fully saturated rings. The van der Waals surface area contributed by atoms with Crippen LogP contribution in [-0.4, -0.2) is 50.7 Å². The average molecular weight is 474 g/mol. The summed E-state index contributed by atoms with van der Waals surface area (Å²) in [5, 5.41) is 22.9. The number of H-pyrrole nitrogens is 1. The van der Waals surface area contributed by atoms with Gasteiger partial charge in [-0.05, 0) is 36.8 Å². The summed E-state index contributed by atoms with van der Waals surface area (Å²) in [7, 11) is 1.43. The van der Waals surface area contributed by atoms with Gasteiger partial charge in [-0.15, -0.1) is 0 Å². The minimum atomic E-state index is -0.482. The van der Waals surface area contributed by atoms with Crippen molar-refractivity contribution in [3.63, 3.8) is 0 Å². The average Bonchev–Trinajstić information content (AvgIpc) is 3.24. The first-order chi connectivity index (χ1) is 14.1. The van der Waals surface area contributed by atoms with Gasteiger partial charge in [0.1, 0.15) is 5.75 Å². The molecule has 0 spiro atoms. The molecule has 1 saturated heterocycles. The van der Waals surface area contributed by atoms with Crippen molar-refractivity contribution in [3.8, 4) is 17.0 Å². The molecule has 30 heavy (non-hydrogen) atoms. The van der Waals surface area contributed by atoms with Crippen LogP contribution in [0.3, 0.4) is 0 Å². The Morgan fingerprint density at radius 2 is 2.00 bits per heavy atom. The van der Waals surface area contributed by atoms with Crippen LogP contribution in [0.2, 0.25) is 5.02 Å². The van der Waals surface area contributed by atoms with Crippen LogP contribution in [0.4, 0.5) is 5.82 Å². The molecule has 1 aliphatic carbocycles. The van der Waals surface area contributed by atoms with E-state index in [0.29, 0.717) is 16.6 Å². The molecule has 5 rings (SSSR count). The van der Waals surface area contributed by atoms with Crippen LogP contribution < -0.4 is 15.1 Å². The van der Waals surface area contributed by atoms with E-state index in [0.717, 1.165) is 17.7 Å². The van der Waals surface area contributed by atoms with Crippen molar-refractivity contribution < 1.29 is 31.5 Å². The first-order valence-corrected chi connectivity index (χ1v) is 9.38. The van der Waals surface area contributed by atoms with Crippen LogP contribution in [0.25, 0.3) is 11.3 Å². The first-order valence-electron chi connectivity index (χ1n) is 9.01. The van der Waals surface area contributed by atoms with Crippen molar-refractivity contribution in [2.24, 2.45) is 5.92 Å². The van der Waals surface area contributed by atoms with E-state index in [1.54, 1.807) is 47.0 Å². The minimum Gasteiger partial charge on any atom is -0.480 e. The maximum atomic E-state index is 12.9. The van der Waals surface area contributed by atoms with Crippen molar-refractivity contribution in [3.05, 3.63) is 53.8 Å². The number of aromatic nitrogens is 4. The smallest absolute Gasteiger partial charge is 0.269 e. The zero-order chi connectivity index (χ0) is 20.4. The molecule has 1 aliphatic heterocycles. The number of nitrogens with zero attached hydrogens (tertiary/aromatic N) is 4. The van der Waals surface area contributed by atoms with E-state index in [2.05, 4.69) is 20.4 Å². The molecule has 1 radical (unpaired) electrons. The van der Waals surface area contributed by atoms with Crippen LogP contribution in [0, 0.1) is 5.92 Å². The van der Waals surface area contributed by atoms with E-state index in [9.17, 15) is 4.79 Å². The SMILES string of the molecule is CNO.O=C1C(Oc2ccc(Cl)cc2)C2CC2N1c1cc(-c2ccnnc2)[nH]n1.[Co]. The van der Waals surface area contributed by atoms with Gasteiger partial charge < -0.3 is 9.94 Å². The van der Waals surface area contributed by atoms with Crippen LogP contribution in [0.15, 0.2) is 48.8 Å². The summed E-state index contributed by atoms with van der Waals surface area (Å²) in [4.78, 5) is 14.6. The first kappa shape index (κ1) is 22.2. The second kappa shape index (κ2) is 9.54. The number of carbonyl (C=O) groups excluding carboxylic acids is 1. The predicted octanol–water partition coefficient (Wildman–Crippen LogP) is 2.30. The van der Waals surface area contributed by atoms with E-state index in [1.807, 2.05) is 12.1 Å². The van der Waals surface area contributed by atoms with Crippen LogP contribution in [-0.2, 0) is 21.6 Å². The maximum absolute atomic E-state index is 12.9. The van der Waals surface area contributed by atoms with Gasteiger partial charge in [0.15, 0.2) is 11.9 Å². The molecular formula is C19H19ClCoN6O3. The third kappa shape index (κ3) is 4.47. The summed E-state index contributed by atoms with van der Waals surface area (Å²) < 4.78 is 5.93. The summed E-state index contributed by atoms with van der Waals surface area (Å²) in [5.74, 6) is 1.38. The predicted molar refractivity (Wildman–Crippen MR) is 106 cm³/mol. The van der Waals surface area contributed by atoms with E-state index >= 15 is 0 Å². The molecule has 2 aromatic heterocycles. The van der Waals surface area contributed by atoms with Gasteiger partial charge in [0, 0.05) is 52.4 Å². The molecule has 3 heterocycles. The molecule has 3 unspecified atom stereocenters. The van der Waals surface area contributed by atoms with Gasteiger partial charge in [0.05, 0.1) is 18.1 Å². The number of amides is 1. The zero-order valence-corrected chi connectivity index (χ0v) is 17.6. The number of hydrogen-bond donors (Lipinski definition) is 3. The van der Waals surface area contributed by atoms with Crippen LogP contribution >= 0.6 is 11.6 Å². The van der Waals surface area contributed by atoms with Crippen molar-refractivity contribution in [1.82, 2.24) is 25.9 Å². The van der Waals surface area contributed by atoms with Gasteiger partial charge in [-0.25, -0.2) is 5.48 Å². The number of carbonyl (C=O) groups is 1. The van der Waals surface area contributed by atoms with E-state index in [1.165, 1.54) is 7.05 Å². The number of hydrogen-bond acceptors (Lipinski definition) is 7.